The Hall–Kier alpha value is -1.05. The maximum Gasteiger partial charge on any atom is 0.340 e. The molecule has 0 amide bonds. The van der Waals surface area contributed by atoms with E-state index in [4.69, 9.17) is 20.3 Å². The fourth-order valence-corrected chi connectivity index (χ4v) is 2.84. The van der Waals surface area contributed by atoms with Crippen LogP contribution in [-0.2, 0) is 15.4 Å². The standard InChI is InChI=1S/C10H7BrClNO4S/c11-6-8-9(12)10(13-16-8)17-18(14,15)7-4-2-1-3-5-7/h1-5H,6H2. The van der Waals surface area contributed by atoms with E-state index in [9.17, 15) is 8.42 Å². The number of aromatic nitrogens is 1. The normalized spacial score (nSPS) is 11.4. The van der Waals surface area contributed by atoms with Gasteiger partial charge in [-0.15, -0.1) is 0 Å². The average molecular weight is 353 g/mol. The number of nitrogens with zero attached hydrogens (tertiary/aromatic N) is 1. The minimum absolute atomic E-state index is 0.0180. The van der Waals surface area contributed by atoms with Crippen molar-refractivity contribution in [2.24, 2.45) is 0 Å². The Balaban J connectivity index is 2.31. The van der Waals surface area contributed by atoms with Crippen LogP contribution in [-0.4, -0.2) is 13.6 Å². The predicted molar refractivity (Wildman–Crippen MR) is 68.4 cm³/mol. The third-order valence-corrected chi connectivity index (χ3v) is 4.12. The molecule has 0 saturated heterocycles. The summed E-state index contributed by atoms with van der Waals surface area (Å²) in [4.78, 5) is 0.0180. The predicted octanol–water partition coefficient (Wildman–Crippen LogP) is 2.99. The molecule has 0 aliphatic heterocycles. The van der Waals surface area contributed by atoms with E-state index in [0.717, 1.165) is 0 Å². The van der Waals surface area contributed by atoms with Crippen LogP contribution in [0.4, 0.5) is 0 Å². The topological polar surface area (TPSA) is 69.4 Å². The molecule has 0 aliphatic rings. The third kappa shape index (κ3) is 2.68. The second-order valence-corrected chi connectivity index (χ2v) is 5.69. The van der Waals surface area contributed by atoms with Crippen molar-refractivity contribution in [3.8, 4) is 5.88 Å². The highest BCUT2D eigenvalue weighted by molar-refractivity contribution is 9.08. The smallest absolute Gasteiger partial charge is 0.340 e. The van der Waals surface area contributed by atoms with Gasteiger partial charge in [-0.2, -0.15) is 8.42 Å². The van der Waals surface area contributed by atoms with E-state index >= 15 is 0 Å². The fourth-order valence-electron chi connectivity index (χ4n) is 1.17. The molecule has 0 unspecified atom stereocenters. The van der Waals surface area contributed by atoms with Gasteiger partial charge in [-0.25, -0.2) is 0 Å². The van der Waals surface area contributed by atoms with E-state index in [0.29, 0.717) is 11.1 Å². The van der Waals surface area contributed by atoms with Crippen LogP contribution in [0.5, 0.6) is 5.88 Å². The van der Waals surface area contributed by atoms with Crippen molar-refractivity contribution in [1.82, 2.24) is 5.16 Å². The first-order valence-electron chi connectivity index (χ1n) is 4.74. The summed E-state index contributed by atoms with van der Waals surface area (Å²) in [6, 6.07) is 7.70. The van der Waals surface area contributed by atoms with Gasteiger partial charge in [0.05, 0.1) is 5.33 Å². The largest absolute Gasteiger partial charge is 0.355 e. The van der Waals surface area contributed by atoms with Crippen LogP contribution in [0.15, 0.2) is 39.8 Å². The van der Waals surface area contributed by atoms with Gasteiger partial charge in [0.25, 0.3) is 5.88 Å². The van der Waals surface area contributed by atoms with Gasteiger partial charge in [-0.1, -0.05) is 45.7 Å². The minimum atomic E-state index is -3.95. The number of hydrogen-bond donors (Lipinski definition) is 0. The molecule has 0 spiro atoms. The van der Waals surface area contributed by atoms with Crippen LogP contribution in [0, 0.1) is 0 Å². The molecule has 1 aromatic heterocycles. The second kappa shape index (κ2) is 5.29. The van der Waals surface area contributed by atoms with E-state index in [2.05, 4.69) is 21.1 Å². The summed E-state index contributed by atoms with van der Waals surface area (Å²) < 4.78 is 33.4. The van der Waals surface area contributed by atoms with Crippen molar-refractivity contribution in [1.29, 1.82) is 0 Å². The fraction of sp³-hybridized carbons (Fsp3) is 0.100. The lowest BCUT2D eigenvalue weighted by Crippen LogP contribution is -2.09. The molecule has 1 heterocycles. The minimum Gasteiger partial charge on any atom is -0.355 e. The molecular formula is C10H7BrClNO4S. The molecule has 0 bridgehead atoms. The summed E-state index contributed by atoms with van der Waals surface area (Å²) in [5, 5.41) is 3.81. The van der Waals surface area contributed by atoms with Gasteiger partial charge in [0.15, 0.2) is 5.76 Å². The lowest BCUT2D eigenvalue weighted by Gasteiger charge is -2.03. The van der Waals surface area contributed by atoms with E-state index in [1.807, 2.05) is 0 Å². The van der Waals surface area contributed by atoms with Crippen LogP contribution in [0.2, 0.25) is 5.02 Å². The molecule has 0 fully saturated rings. The monoisotopic (exact) mass is 351 g/mol. The summed E-state index contributed by atoms with van der Waals surface area (Å²) in [6.07, 6.45) is 0. The molecule has 0 aliphatic carbocycles. The highest BCUT2D eigenvalue weighted by Crippen LogP contribution is 2.30. The van der Waals surface area contributed by atoms with Crippen molar-refractivity contribution in [3.05, 3.63) is 41.1 Å². The second-order valence-electron chi connectivity index (χ2n) is 3.21. The van der Waals surface area contributed by atoms with E-state index in [1.54, 1.807) is 18.2 Å². The molecule has 5 nitrogen and oxygen atoms in total. The Morgan fingerprint density at radius 2 is 2.00 bits per heavy atom. The lowest BCUT2D eigenvalue weighted by molar-refractivity contribution is 0.367. The molecule has 8 heteroatoms. The van der Waals surface area contributed by atoms with Gasteiger partial charge in [0, 0.05) is 0 Å². The highest BCUT2D eigenvalue weighted by atomic mass is 79.9. The van der Waals surface area contributed by atoms with Gasteiger partial charge >= 0.3 is 10.1 Å². The zero-order chi connectivity index (χ0) is 13.2. The van der Waals surface area contributed by atoms with Crippen molar-refractivity contribution in [3.63, 3.8) is 0 Å². The number of hydrogen-bond acceptors (Lipinski definition) is 5. The van der Waals surface area contributed by atoms with Gasteiger partial charge in [-0.3, -0.25) is 0 Å². The van der Waals surface area contributed by atoms with E-state index < -0.39 is 10.1 Å². The van der Waals surface area contributed by atoms with Crippen LogP contribution in [0.1, 0.15) is 5.76 Å². The van der Waals surface area contributed by atoms with Crippen molar-refractivity contribution in [2.45, 2.75) is 10.2 Å². The maximum atomic E-state index is 11.9. The highest BCUT2D eigenvalue weighted by Gasteiger charge is 2.22. The van der Waals surface area contributed by atoms with Crippen LogP contribution in [0.3, 0.4) is 0 Å². The Kier molecular flexibility index (Phi) is 3.94. The van der Waals surface area contributed by atoms with Crippen molar-refractivity contribution in [2.75, 3.05) is 0 Å². The zero-order valence-corrected chi connectivity index (χ0v) is 12.0. The van der Waals surface area contributed by atoms with Crippen molar-refractivity contribution < 1.29 is 17.1 Å². The van der Waals surface area contributed by atoms with Crippen LogP contribution >= 0.6 is 27.5 Å². The van der Waals surface area contributed by atoms with E-state index in [1.165, 1.54) is 12.1 Å². The molecule has 0 N–H and O–H groups in total. The quantitative estimate of drug-likeness (QED) is 0.625. The van der Waals surface area contributed by atoms with Crippen molar-refractivity contribution >= 4 is 37.6 Å². The summed E-state index contributed by atoms with van der Waals surface area (Å²) in [5.41, 5.74) is 0. The van der Waals surface area contributed by atoms with Gasteiger partial charge in [0.2, 0.25) is 0 Å². The molecule has 2 aromatic rings. The van der Waals surface area contributed by atoms with Crippen LogP contribution < -0.4 is 4.18 Å². The van der Waals surface area contributed by atoms with E-state index in [-0.39, 0.29) is 15.8 Å². The lowest BCUT2D eigenvalue weighted by atomic mass is 10.4. The molecular weight excluding hydrogens is 346 g/mol. The molecule has 1 aromatic carbocycles. The SMILES string of the molecule is O=S(=O)(Oc1noc(CBr)c1Cl)c1ccccc1. The average Bonchev–Trinajstić information content (AvgIpc) is 2.71. The zero-order valence-electron chi connectivity index (χ0n) is 8.84. The van der Waals surface area contributed by atoms with Gasteiger partial charge in [0.1, 0.15) is 9.92 Å². The Morgan fingerprint density at radius 3 is 2.56 bits per heavy atom. The first-order valence-corrected chi connectivity index (χ1v) is 7.65. The molecule has 2 rings (SSSR count). The Bertz CT molecular complexity index is 641. The number of benzene rings is 1. The molecule has 96 valence electrons. The summed E-state index contributed by atoms with van der Waals surface area (Å²) >= 11 is 8.97. The number of rotatable bonds is 4. The number of halogens is 2. The van der Waals surface area contributed by atoms with Crippen LogP contribution in [0.25, 0.3) is 0 Å². The summed E-state index contributed by atoms with van der Waals surface area (Å²) in [7, 11) is -3.95. The first kappa shape index (κ1) is 13.4. The Morgan fingerprint density at radius 1 is 1.33 bits per heavy atom. The molecule has 0 radical (unpaired) electrons. The molecule has 0 atom stereocenters. The van der Waals surface area contributed by atoms with Gasteiger partial charge in [-0.05, 0) is 17.3 Å². The molecule has 18 heavy (non-hydrogen) atoms. The third-order valence-electron chi connectivity index (χ3n) is 2.01. The summed E-state index contributed by atoms with van der Waals surface area (Å²) in [5.74, 6) is 0.0323. The number of alkyl halides is 1. The first-order chi connectivity index (χ1) is 8.54. The maximum absolute atomic E-state index is 11.9. The Labute approximate surface area is 117 Å². The molecule has 0 saturated carbocycles. The van der Waals surface area contributed by atoms with Gasteiger partial charge < -0.3 is 8.71 Å². The summed E-state index contributed by atoms with van der Waals surface area (Å²) in [6.45, 7) is 0.